The number of rotatable bonds is 5. The minimum atomic E-state index is -0.948. The van der Waals surface area contributed by atoms with Gasteiger partial charge in [-0.15, -0.1) is 0 Å². The lowest BCUT2D eigenvalue weighted by atomic mass is 9.87. The van der Waals surface area contributed by atoms with Crippen LogP contribution in [0.25, 0.3) is 21.9 Å². The van der Waals surface area contributed by atoms with Gasteiger partial charge in [-0.05, 0) is 54.1 Å². The molecule has 39 heavy (non-hydrogen) atoms. The molecule has 0 saturated carbocycles. The highest BCUT2D eigenvalue weighted by molar-refractivity contribution is 6.13. The molecule has 4 atom stereocenters. The summed E-state index contributed by atoms with van der Waals surface area (Å²) in [4.78, 5) is 25.2. The van der Waals surface area contributed by atoms with Crippen molar-refractivity contribution >= 4 is 22.7 Å². The number of cyclic esters (lactones) is 1. The standard InChI is InChI=1S/C30H30O9/c1-14-8-19-20(9-15(14)2)27(39-30-28(38-17(4)31)26(33-5)16(3)11-35-30)21-12-34-29(32)25(21)24(19)18-6-7-22-23(10-18)37-13-36-22/h6-10,16,26,28,30H,11-13H2,1-5H3. The van der Waals surface area contributed by atoms with Gasteiger partial charge >= 0.3 is 11.9 Å². The van der Waals surface area contributed by atoms with Crippen LogP contribution in [0, 0.1) is 19.8 Å². The van der Waals surface area contributed by atoms with Gasteiger partial charge in [0.25, 0.3) is 0 Å². The van der Waals surface area contributed by atoms with Crippen molar-refractivity contribution < 1.29 is 42.7 Å². The highest BCUT2D eigenvalue weighted by atomic mass is 16.7. The first kappa shape index (κ1) is 25.5. The van der Waals surface area contributed by atoms with E-state index in [0.29, 0.717) is 35.0 Å². The normalized spacial score (nSPS) is 23.5. The maximum absolute atomic E-state index is 13.2. The van der Waals surface area contributed by atoms with Crippen molar-refractivity contribution in [2.24, 2.45) is 5.92 Å². The van der Waals surface area contributed by atoms with Crippen molar-refractivity contribution in [1.82, 2.24) is 0 Å². The van der Waals surface area contributed by atoms with E-state index in [1.807, 2.05) is 45.0 Å². The topological polar surface area (TPSA) is 98.8 Å². The Morgan fingerprint density at radius 3 is 2.44 bits per heavy atom. The zero-order valence-electron chi connectivity index (χ0n) is 22.5. The summed E-state index contributed by atoms with van der Waals surface area (Å²) in [5, 5.41) is 1.61. The van der Waals surface area contributed by atoms with Gasteiger partial charge in [0.2, 0.25) is 13.1 Å². The molecular weight excluding hydrogens is 504 g/mol. The number of ether oxygens (including phenoxy) is 7. The molecule has 4 unspecified atom stereocenters. The maximum atomic E-state index is 13.2. The van der Waals surface area contributed by atoms with Crippen LogP contribution in [0.4, 0.5) is 0 Å². The molecule has 0 amide bonds. The van der Waals surface area contributed by atoms with Gasteiger partial charge in [-0.1, -0.05) is 19.1 Å². The molecule has 204 valence electrons. The molecule has 0 aliphatic carbocycles. The van der Waals surface area contributed by atoms with Crippen LogP contribution in [-0.2, 0) is 30.3 Å². The number of fused-ring (bicyclic) bond motifs is 3. The van der Waals surface area contributed by atoms with Gasteiger partial charge < -0.3 is 33.2 Å². The van der Waals surface area contributed by atoms with Crippen LogP contribution in [0.5, 0.6) is 17.2 Å². The van der Waals surface area contributed by atoms with E-state index in [4.69, 9.17) is 33.2 Å². The first-order valence-electron chi connectivity index (χ1n) is 12.9. The van der Waals surface area contributed by atoms with Crippen LogP contribution in [0.1, 0.15) is 40.9 Å². The summed E-state index contributed by atoms with van der Waals surface area (Å²) >= 11 is 0. The highest BCUT2D eigenvalue weighted by Gasteiger charge is 2.44. The minimum absolute atomic E-state index is 0.0233. The zero-order valence-corrected chi connectivity index (χ0v) is 22.5. The number of carbonyl (C=O) groups is 2. The average molecular weight is 535 g/mol. The Kier molecular flexibility index (Phi) is 6.35. The number of benzene rings is 3. The number of carbonyl (C=O) groups excluding carboxylic acids is 2. The Hall–Kier alpha value is -3.82. The van der Waals surface area contributed by atoms with Gasteiger partial charge in [-0.3, -0.25) is 4.79 Å². The number of esters is 2. The predicted molar refractivity (Wildman–Crippen MR) is 140 cm³/mol. The van der Waals surface area contributed by atoms with Crippen LogP contribution in [0.15, 0.2) is 30.3 Å². The third kappa shape index (κ3) is 4.26. The summed E-state index contributed by atoms with van der Waals surface area (Å²) < 4.78 is 40.6. The second kappa shape index (κ2) is 9.73. The first-order valence-corrected chi connectivity index (χ1v) is 12.9. The van der Waals surface area contributed by atoms with Crippen LogP contribution in [-0.4, -0.2) is 50.9 Å². The summed E-state index contributed by atoms with van der Waals surface area (Å²) in [5.74, 6) is 0.806. The zero-order chi connectivity index (χ0) is 27.4. The lowest BCUT2D eigenvalue weighted by Gasteiger charge is -2.40. The average Bonchev–Trinajstić information content (AvgIpc) is 3.53. The molecule has 3 aliphatic rings. The fraction of sp³-hybridized carbons (Fsp3) is 0.400. The van der Waals surface area contributed by atoms with Gasteiger partial charge in [0.05, 0.1) is 12.2 Å². The fourth-order valence-electron chi connectivity index (χ4n) is 5.64. The summed E-state index contributed by atoms with van der Waals surface area (Å²) in [6.45, 7) is 7.90. The Morgan fingerprint density at radius 2 is 1.69 bits per heavy atom. The Morgan fingerprint density at radius 1 is 0.949 bits per heavy atom. The Labute approximate surface area is 225 Å². The van der Waals surface area contributed by atoms with E-state index in [9.17, 15) is 9.59 Å². The summed E-state index contributed by atoms with van der Waals surface area (Å²) in [6, 6.07) is 9.72. The molecule has 0 aromatic heterocycles. The maximum Gasteiger partial charge on any atom is 0.339 e. The molecule has 0 spiro atoms. The molecule has 3 aromatic rings. The summed E-state index contributed by atoms with van der Waals surface area (Å²) in [5.41, 5.74) is 4.69. The molecule has 9 heteroatoms. The van der Waals surface area contributed by atoms with Gasteiger partial charge in [-0.2, -0.15) is 0 Å². The van der Waals surface area contributed by atoms with Crippen LogP contribution < -0.4 is 14.2 Å². The number of hydrogen-bond donors (Lipinski definition) is 0. The molecular formula is C30H30O9. The van der Waals surface area contributed by atoms with Crippen molar-refractivity contribution in [2.45, 2.75) is 52.8 Å². The van der Waals surface area contributed by atoms with Crippen molar-refractivity contribution in [1.29, 1.82) is 0 Å². The number of methoxy groups -OCH3 is 1. The van der Waals surface area contributed by atoms with Crippen molar-refractivity contribution in [3.8, 4) is 28.4 Å². The second-order valence-corrected chi connectivity index (χ2v) is 10.3. The van der Waals surface area contributed by atoms with E-state index in [2.05, 4.69) is 6.07 Å². The van der Waals surface area contributed by atoms with E-state index in [1.54, 1.807) is 7.11 Å². The molecule has 3 aliphatic heterocycles. The van der Waals surface area contributed by atoms with Gasteiger partial charge in [0.1, 0.15) is 18.5 Å². The van der Waals surface area contributed by atoms with E-state index in [-0.39, 0.29) is 19.3 Å². The first-order chi connectivity index (χ1) is 18.8. The molecule has 3 aromatic carbocycles. The van der Waals surface area contributed by atoms with E-state index in [1.165, 1.54) is 6.92 Å². The molecule has 0 N–H and O–H groups in total. The van der Waals surface area contributed by atoms with Crippen molar-refractivity contribution in [2.75, 3.05) is 20.5 Å². The van der Waals surface area contributed by atoms with Crippen molar-refractivity contribution in [3.63, 3.8) is 0 Å². The Balaban J connectivity index is 1.55. The summed E-state index contributed by atoms with van der Waals surface area (Å²) in [7, 11) is 1.58. The smallest absolute Gasteiger partial charge is 0.339 e. The summed E-state index contributed by atoms with van der Waals surface area (Å²) in [6.07, 6.45) is -2.18. The van der Waals surface area contributed by atoms with Crippen LogP contribution >= 0.6 is 0 Å². The lowest BCUT2D eigenvalue weighted by Crippen LogP contribution is -2.54. The monoisotopic (exact) mass is 534 g/mol. The minimum Gasteiger partial charge on any atom is -0.460 e. The number of hydrogen-bond acceptors (Lipinski definition) is 9. The van der Waals surface area contributed by atoms with Crippen LogP contribution in [0.3, 0.4) is 0 Å². The highest BCUT2D eigenvalue weighted by Crippen LogP contribution is 2.48. The predicted octanol–water partition coefficient (Wildman–Crippen LogP) is 4.84. The Bertz CT molecular complexity index is 1490. The molecule has 0 bridgehead atoms. The molecule has 3 heterocycles. The van der Waals surface area contributed by atoms with Crippen LogP contribution in [0.2, 0.25) is 0 Å². The quantitative estimate of drug-likeness (QED) is 0.426. The van der Waals surface area contributed by atoms with Gasteiger partial charge in [-0.25, -0.2) is 4.79 Å². The lowest BCUT2D eigenvalue weighted by molar-refractivity contribution is -0.241. The largest absolute Gasteiger partial charge is 0.460 e. The second-order valence-electron chi connectivity index (χ2n) is 10.3. The van der Waals surface area contributed by atoms with Gasteiger partial charge in [0.15, 0.2) is 17.6 Å². The molecule has 9 nitrogen and oxygen atoms in total. The third-order valence-corrected chi connectivity index (χ3v) is 7.67. The van der Waals surface area contributed by atoms with E-state index >= 15 is 0 Å². The SMILES string of the molecule is COC1C(C)COC(Oc2c3c(c(-c4ccc5c(c4)OCO5)c4cc(C)c(C)cc24)C(=O)OC3)C1OC(C)=O. The van der Waals surface area contributed by atoms with E-state index in [0.717, 1.165) is 33.0 Å². The molecule has 6 rings (SSSR count). The van der Waals surface area contributed by atoms with E-state index < -0.39 is 30.4 Å². The number of aryl methyl sites for hydroxylation is 2. The third-order valence-electron chi connectivity index (χ3n) is 7.67. The fourth-order valence-corrected chi connectivity index (χ4v) is 5.64. The van der Waals surface area contributed by atoms with Crippen molar-refractivity contribution in [3.05, 3.63) is 52.6 Å². The van der Waals surface area contributed by atoms with Gasteiger partial charge in [0, 0.05) is 36.5 Å². The molecule has 1 saturated heterocycles. The molecule has 1 fully saturated rings. The molecule has 0 radical (unpaired) electrons.